The number of hydrogen-bond acceptors (Lipinski definition) is 6. The van der Waals surface area contributed by atoms with Crippen molar-refractivity contribution in [2.45, 2.75) is 38.6 Å². The zero-order valence-corrected chi connectivity index (χ0v) is 15.2. The number of nitrogens with zero attached hydrogens (tertiary/aromatic N) is 4. The van der Waals surface area contributed by atoms with E-state index >= 15 is 0 Å². The molecule has 24 heavy (non-hydrogen) atoms. The minimum absolute atomic E-state index is 0.165. The molecule has 2 saturated heterocycles. The molecule has 132 valence electrons. The molecule has 2 aliphatic rings. The van der Waals surface area contributed by atoms with Crippen LogP contribution >= 0.6 is 11.8 Å². The summed E-state index contributed by atoms with van der Waals surface area (Å²) in [4.78, 5) is 25.4. The molecule has 1 unspecified atom stereocenters. The molecule has 0 aliphatic carbocycles. The van der Waals surface area contributed by atoms with Crippen LogP contribution in [0.1, 0.15) is 32.6 Å². The third-order valence-electron chi connectivity index (χ3n) is 4.56. The number of carbonyl (C=O) groups excluding carboxylic acids is 1. The molecule has 6 nitrogen and oxygen atoms in total. The van der Waals surface area contributed by atoms with E-state index < -0.39 is 0 Å². The molecule has 0 aromatic carbocycles. The fraction of sp³-hybridized carbons (Fsp3) is 0.706. The van der Waals surface area contributed by atoms with E-state index in [4.69, 9.17) is 0 Å². The van der Waals surface area contributed by atoms with Crippen molar-refractivity contribution in [2.24, 2.45) is 0 Å². The highest BCUT2D eigenvalue weighted by Crippen LogP contribution is 2.23. The maximum atomic E-state index is 11.9. The summed E-state index contributed by atoms with van der Waals surface area (Å²) in [6, 6.07) is 2.33. The summed E-state index contributed by atoms with van der Waals surface area (Å²) in [5, 5.41) is 3.16. The minimum Gasteiger partial charge on any atom is -0.355 e. The maximum absolute atomic E-state index is 11.9. The van der Waals surface area contributed by atoms with E-state index in [1.165, 1.54) is 0 Å². The summed E-state index contributed by atoms with van der Waals surface area (Å²) in [6.45, 7) is 5.97. The van der Waals surface area contributed by atoms with E-state index in [1.54, 1.807) is 6.33 Å². The number of aromatic nitrogens is 2. The van der Waals surface area contributed by atoms with Gasteiger partial charge in [-0.3, -0.25) is 4.79 Å². The lowest BCUT2D eigenvalue weighted by molar-refractivity contribution is -0.121. The van der Waals surface area contributed by atoms with Gasteiger partial charge in [0.1, 0.15) is 18.0 Å². The molecule has 0 radical (unpaired) electrons. The van der Waals surface area contributed by atoms with Crippen molar-refractivity contribution in [3.8, 4) is 0 Å². The Morgan fingerprint density at radius 1 is 1.25 bits per heavy atom. The molecular weight excluding hydrogens is 322 g/mol. The molecule has 1 aromatic rings. The highest BCUT2D eigenvalue weighted by molar-refractivity contribution is 7.99. The van der Waals surface area contributed by atoms with Crippen LogP contribution in [0.5, 0.6) is 0 Å². The average molecular weight is 350 g/mol. The average Bonchev–Trinajstić information content (AvgIpc) is 2.63. The summed E-state index contributed by atoms with van der Waals surface area (Å²) < 4.78 is 0. The van der Waals surface area contributed by atoms with Crippen molar-refractivity contribution < 1.29 is 4.79 Å². The predicted octanol–water partition coefficient (Wildman–Crippen LogP) is 1.91. The SMILES string of the molecule is CCCC(=O)NC1CCCN(c2cc(N3CCSCC3)ncn2)C1. The molecule has 2 aliphatic heterocycles. The zero-order chi connectivity index (χ0) is 16.8. The second kappa shape index (κ2) is 8.55. The van der Waals surface area contributed by atoms with Gasteiger partial charge in [-0.05, 0) is 19.3 Å². The minimum atomic E-state index is 0.165. The number of thioether (sulfide) groups is 1. The molecule has 1 atom stereocenters. The monoisotopic (exact) mass is 349 g/mol. The fourth-order valence-electron chi connectivity index (χ4n) is 3.31. The largest absolute Gasteiger partial charge is 0.355 e. The smallest absolute Gasteiger partial charge is 0.220 e. The highest BCUT2D eigenvalue weighted by Gasteiger charge is 2.23. The molecule has 0 spiro atoms. The van der Waals surface area contributed by atoms with Crippen molar-refractivity contribution in [3.63, 3.8) is 0 Å². The van der Waals surface area contributed by atoms with Crippen molar-refractivity contribution in [3.05, 3.63) is 12.4 Å². The van der Waals surface area contributed by atoms with Gasteiger partial charge < -0.3 is 15.1 Å². The Morgan fingerprint density at radius 2 is 2.00 bits per heavy atom. The van der Waals surface area contributed by atoms with Crippen LogP contribution in [0.3, 0.4) is 0 Å². The molecule has 3 rings (SSSR count). The lowest BCUT2D eigenvalue weighted by Gasteiger charge is -2.34. The van der Waals surface area contributed by atoms with Crippen LogP contribution in [0.25, 0.3) is 0 Å². The van der Waals surface area contributed by atoms with Crippen LogP contribution in [-0.4, -0.2) is 59.6 Å². The van der Waals surface area contributed by atoms with Gasteiger partial charge >= 0.3 is 0 Å². The van der Waals surface area contributed by atoms with E-state index in [0.717, 1.165) is 68.6 Å². The molecule has 7 heteroatoms. The molecule has 1 amide bonds. The number of anilines is 2. The number of hydrogen-bond donors (Lipinski definition) is 1. The Balaban J connectivity index is 1.63. The topological polar surface area (TPSA) is 61.4 Å². The zero-order valence-electron chi connectivity index (χ0n) is 14.4. The van der Waals surface area contributed by atoms with E-state index in [-0.39, 0.29) is 11.9 Å². The van der Waals surface area contributed by atoms with Crippen molar-refractivity contribution in [2.75, 3.05) is 47.5 Å². The van der Waals surface area contributed by atoms with Gasteiger partial charge in [-0.25, -0.2) is 9.97 Å². The number of rotatable bonds is 5. The molecular formula is C17H27N5OS. The third-order valence-corrected chi connectivity index (χ3v) is 5.50. The fourth-order valence-corrected chi connectivity index (χ4v) is 4.21. The van der Waals surface area contributed by atoms with E-state index in [2.05, 4.69) is 31.2 Å². The first kappa shape index (κ1) is 17.3. The Bertz CT molecular complexity index is 550. The van der Waals surface area contributed by atoms with Crippen LogP contribution < -0.4 is 15.1 Å². The highest BCUT2D eigenvalue weighted by atomic mass is 32.2. The molecule has 1 N–H and O–H groups in total. The predicted molar refractivity (Wildman–Crippen MR) is 99.9 cm³/mol. The Labute approximate surface area is 148 Å². The van der Waals surface area contributed by atoms with Gasteiger partial charge in [0.2, 0.25) is 5.91 Å². The standard InChI is InChI=1S/C17H27N5OS/c1-2-4-17(23)20-14-5-3-6-22(12-14)16-11-15(18-13-19-16)21-7-9-24-10-8-21/h11,13-14H,2-10,12H2,1H3,(H,20,23). The first-order valence-corrected chi connectivity index (χ1v) is 10.1. The van der Waals surface area contributed by atoms with E-state index in [0.29, 0.717) is 6.42 Å². The summed E-state index contributed by atoms with van der Waals surface area (Å²) >= 11 is 2.00. The van der Waals surface area contributed by atoms with Gasteiger partial charge in [0.15, 0.2) is 0 Å². The van der Waals surface area contributed by atoms with Crippen LogP contribution in [0.15, 0.2) is 12.4 Å². The van der Waals surface area contributed by atoms with E-state index in [9.17, 15) is 4.79 Å². The summed E-state index contributed by atoms with van der Waals surface area (Å²) in [5.74, 6) is 4.49. The van der Waals surface area contributed by atoms with Gasteiger partial charge in [-0.2, -0.15) is 11.8 Å². The van der Waals surface area contributed by atoms with Gasteiger partial charge in [-0.15, -0.1) is 0 Å². The quantitative estimate of drug-likeness (QED) is 0.876. The van der Waals surface area contributed by atoms with Crippen LogP contribution in [0.2, 0.25) is 0 Å². The van der Waals surface area contributed by atoms with Crippen molar-refractivity contribution >= 4 is 29.3 Å². The number of carbonyl (C=O) groups is 1. The number of nitrogens with one attached hydrogen (secondary N) is 1. The summed E-state index contributed by atoms with van der Waals surface area (Å²) in [7, 11) is 0. The van der Waals surface area contributed by atoms with Crippen LogP contribution in [0, 0.1) is 0 Å². The maximum Gasteiger partial charge on any atom is 0.220 e. The lowest BCUT2D eigenvalue weighted by atomic mass is 10.1. The van der Waals surface area contributed by atoms with E-state index in [1.807, 2.05) is 18.7 Å². The Morgan fingerprint density at radius 3 is 2.75 bits per heavy atom. The van der Waals surface area contributed by atoms with Gasteiger partial charge in [0, 0.05) is 56.2 Å². The van der Waals surface area contributed by atoms with Gasteiger partial charge in [-0.1, -0.05) is 6.92 Å². The van der Waals surface area contributed by atoms with Crippen LogP contribution in [-0.2, 0) is 4.79 Å². The summed E-state index contributed by atoms with van der Waals surface area (Å²) in [6.07, 6.45) is 5.31. The Hall–Kier alpha value is -1.50. The first-order chi connectivity index (χ1) is 11.8. The molecule has 3 heterocycles. The molecule has 1 aromatic heterocycles. The number of piperidine rings is 1. The Kier molecular flexibility index (Phi) is 6.18. The second-order valence-corrected chi connectivity index (χ2v) is 7.66. The number of amides is 1. The van der Waals surface area contributed by atoms with Gasteiger partial charge in [0.25, 0.3) is 0 Å². The van der Waals surface area contributed by atoms with Gasteiger partial charge in [0.05, 0.1) is 0 Å². The molecule has 2 fully saturated rings. The van der Waals surface area contributed by atoms with Crippen molar-refractivity contribution in [1.29, 1.82) is 0 Å². The second-order valence-electron chi connectivity index (χ2n) is 6.44. The lowest BCUT2D eigenvalue weighted by Crippen LogP contribution is -2.48. The summed E-state index contributed by atoms with van der Waals surface area (Å²) in [5.41, 5.74) is 0. The molecule has 0 bridgehead atoms. The normalized spacial score (nSPS) is 21.6. The first-order valence-electron chi connectivity index (χ1n) is 8.95. The molecule has 0 saturated carbocycles. The third kappa shape index (κ3) is 4.53. The van der Waals surface area contributed by atoms with Crippen molar-refractivity contribution in [1.82, 2.24) is 15.3 Å². The van der Waals surface area contributed by atoms with Crippen LogP contribution in [0.4, 0.5) is 11.6 Å².